The second-order valence-electron chi connectivity index (χ2n) is 3.76. The van der Waals surface area contributed by atoms with Crippen molar-refractivity contribution in [2.24, 2.45) is 0 Å². The summed E-state index contributed by atoms with van der Waals surface area (Å²) in [5.74, 6) is 0. The van der Waals surface area contributed by atoms with Crippen LogP contribution >= 0.6 is 34.2 Å². The Balaban J connectivity index is 0.000000149. The van der Waals surface area contributed by atoms with Crippen LogP contribution in [0.5, 0.6) is 0 Å². The van der Waals surface area contributed by atoms with Crippen LogP contribution in [0.25, 0.3) is 10.8 Å². The number of halogens is 2. The van der Waals surface area contributed by atoms with Crippen LogP contribution in [-0.2, 0) is 0 Å². The Morgan fingerprint density at radius 1 is 0.667 bits per heavy atom. The minimum absolute atomic E-state index is 0.822. The molecule has 0 nitrogen and oxygen atoms in total. The van der Waals surface area contributed by atoms with Crippen molar-refractivity contribution in [3.8, 4) is 0 Å². The number of benzene rings is 3. The van der Waals surface area contributed by atoms with E-state index in [0.29, 0.717) is 0 Å². The molecule has 3 aromatic carbocycles. The van der Waals surface area contributed by atoms with E-state index in [1.54, 1.807) is 0 Å². The zero-order chi connectivity index (χ0) is 12.8. The molecule has 3 rings (SSSR count). The van der Waals surface area contributed by atoms with Crippen molar-refractivity contribution in [2.75, 3.05) is 0 Å². The normalized spacial score (nSPS) is 9.67. The third-order valence-electron chi connectivity index (χ3n) is 2.47. The Morgan fingerprint density at radius 2 is 1.28 bits per heavy atom. The SMILES string of the molecule is Clc1cccc2ccccc12.Ic1ccccc1. The molecule has 0 radical (unpaired) electrons. The fourth-order valence-corrected chi connectivity index (χ4v) is 2.26. The van der Waals surface area contributed by atoms with Crippen LogP contribution in [0.3, 0.4) is 0 Å². The highest BCUT2D eigenvalue weighted by atomic mass is 127. The Hall–Kier alpha value is -1.06. The molecule has 0 aliphatic heterocycles. The lowest BCUT2D eigenvalue weighted by Gasteiger charge is -1.97. The predicted octanol–water partition coefficient (Wildman–Crippen LogP) is 5.78. The van der Waals surface area contributed by atoms with E-state index in [4.69, 9.17) is 11.6 Å². The summed E-state index contributed by atoms with van der Waals surface area (Å²) < 4.78 is 1.29. The van der Waals surface area contributed by atoms with Crippen molar-refractivity contribution in [3.05, 3.63) is 81.4 Å². The maximum absolute atomic E-state index is 5.96. The summed E-state index contributed by atoms with van der Waals surface area (Å²) in [4.78, 5) is 0. The van der Waals surface area contributed by atoms with Crippen LogP contribution in [0.2, 0.25) is 5.02 Å². The topological polar surface area (TPSA) is 0 Å². The number of hydrogen-bond acceptors (Lipinski definition) is 0. The maximum atomic E-state index is 5.96. The molecule has 0 unspecified atom stereocenters. The highest BCUT2D eigenvalue weighted by Gasteiger charge is 1.93. The second kappa shape index (κ2) is 6.76. The van der Waals surface area contributed by atoms with Crippen molar-refractivity contribution in [1.29, 1.82) is 0 Å². The van der Waals surface area contributed by atoms with Gasteiger partial charge in [0.25, 0.3) is 0 Å². The lowest BCUT2D eigenvalue weighted by atomic mass is 10.1. The van der Waals surface area contributed by atoms with Crippen molar-refractivity contribution in [1.82, 2.24) is 0 Å². The fourth-order valence-electron chi connectivity index (χ4n) is 1.60. The van der Waals surface area contributed by atoms with Gasteiger partial charge in [-0.2, -0.15) is 0 Å². The van der Waals surface area contributed by atoms with Gasteiger partial charge in [0, 0.05) is 14.0 Å². The average Bonchev–Trinajstić information content (AvgIpc) is 2.41. The third-order valence-corrected chi connectivity index (χ3v) is 3.52. The van der Waals surface area contributed by atoms with Gasteiger partial charge in [-0.05, 0) is 46.2 Å². The van der Waals surface area contributed by atoms with Gasteiger partial charge in [0.05, 0.1) is 0 Å². The van der Waals surface area contributed by atoms with Crippen molar-refractivity contribution < 1.29 is 0 Å². The number of hydrogen-bond donors (Lipinski definition) is 0. The molecule has 90 valence electrons. The minimum Gasteiger partial charge on any atom is -0.0837 e. The monoisotopic (exact) mass is 366 g/mol. The van der Waals surface area contributed by atoms with Gasteiger partial charge in [-0.1, -0.05) is 66.2 Å². The highest BCUT2D eigenvalue weighted by Crippen LogP contribution is 2.22. The van der Waals surface area contributed by atoms with Crippen LogP contribution in [0.4, 0.5) is 0 Å². The maximum Gasteiger partial charge on any atom is 0.0484 e. The third kappa shape index (κ3) is 3.72. The smallest absolute Gasteiger partial charge is 0.0484 e. The summed E-state index contributed by atoms with van der Waals surface area (Å²) in [5.41, 5.74) is 0. The highest BCUT2D eigenvalue weighted by molar-refractivity contribution is 14.1. The van der Waals surface area contributed by atoms with Gasteiger partial charge in [0.1, 0.15) is 0 Å². The quantitative estimate of drug-likeness (QED) is 0.442. The second-order valence-corrected chi connectivity index (χ2v) is 5.41. The molecule has 0 aliphatic rings. The van der Waals surface area contributed by atoms with E-state index in [0.717, 1.165) is 10.4 Å². The van der Waals surface area contributed by atoms with Crippen LogP contribution in [0, 0.1) is 3.57 Å². The van der Waals surface area contributed by atoms with Gasteiger partial charge < -0.3 is 0 Å². The molecule has 0 aromatic heterocycles. The molecule has 3 aromatic rings. The molecule has 0 saturated heterocycles. The molecule has 0 N–H and O–H groups in total. The molecule has 0 amide bonds. The van der Waals surface area contributed by atoms with Crippen LogP contribution in [0.1, 0.15) is 0 Å². The zero-order valence-electron chi connectivity index (χ0n) is 9.68. The Labute approximate surface area is 126 Å². The van der Waals surface area contributed by atoms with Crippen molar-refractivity contribution >= 4 is 45.0 Å². The molecule has 0 heterocycles. The molecule has 0 bridgehead atoms. The van der Waals surface area contributed by atoms with Gasteiger partial charge in [0.15, 0.2) is 0 Å². The van der Waals surface area contributed by atoms with Gasteiger partial charge in [-0.25, -0.2) is 0 Å². The molecule has 18 heavy (non-hydrogen) atoms. The van der Waals surface area contributed by atoms with E-state index >= 15 is 0 Å². The fraction of sp³-hybridized carbons (Fsp3) is 0. The first kappa shape index (κ1) is 13.4. The van der Waals surface area contributed by atoms with E-state index in [-0.39, 0.29) is 0 Å². The Morgan fingerprint density at radius 3 is 1.89 bits per heavy atom. The van der Waals surface area contributed by atoms with Gasteiger partial charge in [0.2, 0.25) is 0 Å². The molecular formula is C16H12ClI. The molecule has 0 atom stereocenters. The van der Waals surface area contributed by atoms with E-state index in [2.05, 4.69) is 46.9 Å². The lowest BCUT2D eigenvalue weighted by Crippen LogP contribution is -1.70. The van der Waals surface area contributed by atoms with Crippen molar-refractivity contribution in [2.45, 2.75) is 0 Å². The van der Waals surface area contributed by atoms with Gasteiger partial charge in [-0.3, -0.25) is 0 Å². The molecule has 2 heteroatoms. The van der Waals surface area contributed by atoms with Crippen LogP contribution in [-0.4, -0.2) is 0 Å². The molecule has 0 spiro atoms. The minimum atomic E-state index is 0.822. The van der Waals surface area contributed by atoms with Crippen molar-refractivity contribution in [3.63, 3.8) is 0 Å². The zero-order valence-corrected chi connectivity index (χ0v) is 12.6. The van der Waals surface area contributed by atoms with E-state index in [1.165, 1.54) is 8.96 Å². The lowest BCUT2D eigenvalue weighted by molar-refractivity contribution is 1.65. The average molecular weight is 367 g/mol. The summed E-state index contributed by atoms with van der Waals surface area (Å²) >= 11 is 8.24. The number of rotatable bonds is 0. The van der Waals surface area contributed by atoms with Gasteiger partial charge in [-0.15, -0.1) is 0 Å². The van der Waals surface area contributed by atoms with E-state index < -0.39 is 0 Å². The predicted molar refractivity (Wildman–Crippen MR) is 88.1 cm³/mol. The number of fused-ring (bicyclic) bond motifs is 1. The summed E-state index contributed by atoms with van der Waals surface area (Å²) in [7, 11) is 0. The van der Waals surface area contributed by atoms with Crippen LogP contribution in [0.15, 0.2) is 72.8 Å². The summed E-state index contributed by atoms with van der Waals surface area (Å²) in [5, 5.41) is 3.14. The molecule has 0 fully saturated rings. The first-order valence-corrected chi connectivity index (χ1v) is 7.07. The molecule has 0 saturated carbocycles. The van der Waals surface area contributed by atoms with Gasteiger partial charge >= 0.3 is 0 Å². The van der Waals surface area contributed by atoms with E-state index in [1.807, 2.05) is 48.5 Å². The first-order valence-electron chi connectivity index (χ1n) is 5.61. The van der Waals surface area contributed by atoms with Crippen LogP contribution < -0.4 is 0 Å². The summed E-state index contributed by atoms with van der Waals surface area (Å²) in [6.07, 6.45) is 0. The van der Waals surface area contributed by atoms with E-state index in [9.17, 15) is 0 Å². The largest absolute Gasteiger partial charge is 0.0837 e. The summed E-state index contributed by atoms with van der Waals surface area (Å²) in [6.45, 7) is 0. The summed E-state index contributed by atoms with van der Waals surface area (Å²) in [6, 6.07) is 24.2. The standard InChI is InChI=1S/C10H7Cl.C6H5I/c11-10-7-3-5-8-4-1-2-6-9(8)10;7-6-4-2-1-3-5-6/h1-7H;1-5H. The molecule has 0 aliphatic carbocycles. The Kier molecular flexibility index (Phi) is 5.02. The molecular weight excluding hydrogens is 355 g/mol. The Bertz CT molecular complexity index is 615. The first-order chi connectivity index (χ1) is 8.77.